The number of hydrogen-bond acceptors (Lipinski definition) is 21. The summed E-state index contributed by atoms with van der Waals surface area (Å²) in [6, 6.07) is 18.7. The first-order chi connectivity index (χ1) is 39.1. The van der Waals surface area contributed by atoms with Crippen LogP contribution in [-0.2, 0) is 32.1 Å². The summed E-state index contributed by atoms with van der Waals surface area (Å²) in [5.74, 6) is -3.22. The largest absolute Gasteiger partial charge is 0.490 e. The number of carbonyl (C=O) groups excluding carboxylic acids is 1. The van der Waals surface area contributed by atoms with Gasteiger partial charge in [0.2, 0.25) is 11.7 Å². The molecule has 3 aromatic carbocycles. The van der Waals surface area contributed by atoms with Crippen molar-refractivity contribution in [2.75, 3.05) is 60.3 Å². The second-order valence-corrected chi connectivity index (χ2v) is 18.3. The summed E-state index contributed by atoms with van der Waals surface area (Å²) in [5, 5.41) is 38.2. The lowest BCUT2D eigenvalue weighted by Gasteiger charge is -2.23. The van der Waals surface area contributed by atoms with Gasteiger partial charge in [-0.2, -0.15) is 9.97 Å². The number of imidazole rings is 1. The lowest BCUT2D eigenvalue weighted by molar-refractivity contribution is -0.141. The first-order valence-electron chi connectivity index (χ1n) is 24.2. The number of anilines is 4. The van der Waals surface area contributed by atoms with E-state index < -0.39 is 47.5 Å². The van der Waals surface area contributed by atoms with E-state index in [0.717, 1.165) is 53.2 Å². The van der Waals surface area contributed by atoms with Crippen LogP contribution >= 0.6 is 35.4 Å². The molecule has 0 spiro atoms. The van der Waals surface area contributed by atoms with Crippen molar-refractivity contribution in [2.24, 2.45) is 5.73 Å². The van der Waals surface area contributed by atoms with Gasteiger partial charge in [0.05, 0.1) is 44.5 Å². The molecule has 13 N–H and O–H groups in total. The number of aromatic amines is 2. The fraction of sp³-hybridized carbons (Fsp3) is 0.250. The highest BCUT2D eigenvalue weighted by molar-refractivity contribution is 7.71. The number of H-pyrrole nitrogens is 2. The Morgan fingerprint density at radius 2 is 1.45 bits per heavy atom. The molecule has 9 rings (SSSR count). The number of nitrogens with two attached hydrogens (primary N) is 3. The fourth-order valence-corrected chi connectivity index (χ4v) is 7.96. The second kappa shape index (κ2) is 30.7. The summed E-state index contributed by atoms with van der Waals surface area (Å²) >= 11 is 16.4. The molecular weight excluding hydrogens is 1130 g/mol. The summed E-state index contributed by atoms with van der Waals surface area (Å²) < 4.78 is 16.3. The Balaban J connectivity index is 0.000000212. The van der Waals surface area contributed by atoms with Gasteiger partial charge in [0, 0.05) is 79.0 Å². The van der Waals surface area contributed by atoms with Crippen molar-refractivity contribution in [1.29, 1.82) is 0 Å². The van der Waals surface area contributed by atoms with Crippen LogP contribution in [0.1, 0.15) is 41.4 Å². The maximum atomic E-state index is 12.4. The normalized spacial score (nSPS) is 11.2. The Hall–Kier alpha value is -9.51. The minimum Gasteiger partial charge on any atom is -0.490 e. The summed E-state index contributed by atoms with van der Waals surface area (Å²) in [6.07, 6.45) is 5.96. The highest BCUT2D eigenvalue weighted by atomic mass is 35.5. The molecule has 0 saturated heterocycles. The van der Waals surface area contributed by atoms with Crippen molar-refractivity contribution >= 4 is 133 Å². The van der Waals surface area contributed by atoms with Gasteiger partial charge in [-0.15, -0.1) is 23.2 Å². The van der Waals surface area contributed by atoms with Crippen molar-refractivity contribution in [3.63, 3.8) is 0 Å². The van der Waals surface area contributed by atoms with Gasteiger partial charge in [0.25, 0.3) is 11.9 Å². The zero-order valence-corrected chi connectivity index (χ0v) is 46.3. The minimum absolute atomic E-state index is 0.0138. The van der Waals surface area contributed by atoms with Gasteiger partial charge in [-0.05, 0) is 73.0 Å². The SMILES string of the molecule is CC(=O)O.CN(Cc1cnc2nc(N)nc(N)c2n1)c1ccc(C(=O)N[C@@H](CCC(=O)O)C(=O)O)cc1.COc1c2occc2cc2ccc(=O)oc12.N[C@@H](Cc1ccc(N(CCCl)CCCl)cc1)C(=O)O.S=c1[nH]cnc2nc[nH]c12. The van der Waals surface area contributed by atoms with Gasteiger partial charge in [-0.1, -0.05) is 24.4 Å². The van der Waals surface area contributed by atoms with Crippen LogP contribution in [0.2, 0.25) is 0 Å². The van der Waals surface area contributed by atoms with Crippen LogP contribution in [0.5, 0.6) is 5.75 Å². The molecule has 82 heavy (non-hydrogen) atoms. The maximum absolute atomic E-state index is 12.4. The van der Waals surface area contributed by atoms with Crippen LogP contribution < -0.4 is 42.7 Å². The van der Waals surface area contributed by atoms with Crippen LogP contribution in [0.4, 0.5) is 23.1 Å². The van der Waals surface area contributed by atoms with Crippen LogP contribution in [0.15, 0.2) is 112 Å². The molecule has 0 aliphatic heterocycles. The van der Waals surface area contributed by atoms with Crippen LogP contribution in [0.3, 0.4) is 0 Å². The minimum atomic E-state index is -1.30. The lowest BCUT2D eigenvalue weighted by Crippen LogP contribution is -2.41. The number of nitrogens with zero attached hydrogens (tertiary/aromatic N) is 8. The Bertz CT molecular complexity index is 3740. The summed E-state index contributed by atoms with van der Waals surface area (Å²) in [7, 11) is 3.33. The third-order valence-electron chi connectivity index (χ3n) is 11.2. The van der Waals surface area contributed by atoms with Gasteiger partial charge in [-0.3, -0.25) is 19.2 Å². The Labute approximate surface area is 480 Å². The molecular formula is C52H56Cl2N14O13S. The molecule has 6 heterocycles. The van der Waals surface area contributed by atoms with Crippen molar-refractivity contribution < 1.29 is 58.0 Å². The summed E-state index contributed by atoms with van der Waals surface area (Å²) in [5.41, 5.74) is 23.1. The molecule has 0 radical (unpaired) electrons. The molecule has 0 unspecified atom stereocenters. The highest BCUT2D eigenvalue weighted by Crippen LogP contribution is 2.34. The van der Waals surface area contributed by atoms with E-state index in [0.29, 0.717) is 68.8 Å². The number of aromatic nitrogens is 8. The fourth-order valence-electron chi connectivity index (χ4n) is 7.35. The number of carboxylic acids is 4. The van der Waals surface area contributed by atoms with Crippen LogP contribution in [0, 0.1) is 4.64 Å². The van der Waals surface area contributed by atoms with E-state index in [2.05, 4.69) is 50.1 Å². The first kappa shape index (κ1) is 63.3. The topological polar surface area (TPSA) is 424 Å². The van der Waals surface area contributed by atoms with Crippen LogP contribution in [0.25, 0.3) is 44.3 Å². The Morgan fingerprint density at radius 1 is 0.817 bits per heavy atom. The standard InChI is InChI=1S/C20H22N8O5.C13H18Cl2N2O2.C12H8O4.C5H4N4S.C2H4O2/c1-28(9-11-8-23-17-15(24-11)16(21)26-20(22)27-17)12-4-2-10(3-5-12)18(31)25-13(19(32)33)6-7-14(29)30;14-5-7-17(8-6-15)11-3-1-10(2-4-11)9-12(16)13(18)19;1-14-12-10-8(4-5-15-10)6-7-2-3-9(13)16-11(7)12;10-5-3-4(7-1-6-3)8-2-9-5;1-2(3)4/h2-5,8,13H,6-7,9H2,1H3,(H,25,31)(H,29,30)(H,32,33)(H4,21,22,23,26,27);1-4,12H,5-9,16H2,(H,18,19);2-6H,1H3;1-2H,(H2,6,7,8,9,10);1H3,(H,3,4)/t13-;12-;;;/m00.../s1. The number of alkyl halides is 2. The average molecular weight is 1190 g/mol. The number of benzene rings is 3. The Kier molecular flexibility index (Phi) is 23.7. The maximum Gasteiger partial charge on any atom is 0.336 e. The molecule has 6 aromatic heterocycles. The predicted molar refractivity (Wildman–Crippen MR) is 309 cm³/mol. The van der Waals surface area contributed by atoms with E-state index in [1.807, 2.05) is 48.3 Å². The second-order valence-electron chi connectivity index (χ2n) is 17.2. The number of nitrogen functional groups attached to an aromatic ring is 2. The number of hydrogen-bond donors (Lipinski definition) is 10. The predicted octanol–water partition coefficient (Wildman–Crippen LogP) is 5.85. The number of aliphatic carboxylic acids is 4. The van der Waals surface area contributed by atoms with Gasteiger partial charge in [0.15, 0.2) is 33.8 Å². The number of fused-ring (bicyclic) bond motifs is 4. The van der Waals surface area contributed by atoms with E-state index in [1.165, 1.54) is 31.6 Å². The molecule has 0 fully saturated rings. The number of nitrogens with one attached hydrogen (secondary N) is 3. The molecule has 1 amide bonds. The number of methoxy groups -OCH3 is 1. The molecule has 0 aliphatic carbocycles. The smallest absolute Gasteiger partial charge is 0.336 e. The number of furan rings is 1. The van der Waals surface area contributed by atoms with Gasteiger partial charge < -0.3 is 76.3 Å². The molecule has 9 aromatic rings. The molecule has 30 heteroatoms. The van der Waals surface area contributed by atoms with Gasteiger partial charge in [-0.25, -0.2) is 29.5 Å². The van der Waals surface area contributed by atoms with E-state index >= 15 is 0 Å². The summed E-state index contributed by atoms with van der Waals surface area (Å²) in [6.45, 7) is 2.90. The van der Waals surface area contributed by atoms with E-state index in [1.54, 1.807) is 37.0 Å². The average Bonchev–Trinajstić information content (AvgIpc) is 4.25. The number of carboxylic acid groups (broad SMARTS) is 4. The molecule has 432 valence electrons. The van der Waals surface area contributed by atoms with Gasteiger partial charge >= 0.3 is 23.5 Å². The van der Waals surface area contributed by atoms with Crippen molar-refractivity contribution in [2.45, 2.75) is 44.8 Å². The third kappa shape index (κ3) is 18.5. The Morgan fingerprint density at radius 3 is 2.05 bits per heavy atom. The van der Waals surface area contributed by atoms with E-state index in [-0.39, 0.29) is 30.2 Å². The van der Waals surface area contributed by atoms with Gasteiger partial charge in [0.1, 0.15) is 22.2 Å². The number of carbonyl (C=O) groups is 5. The zero-order chi connectivity index (χ0) is 60.0. The molecule has 0 bridgehead atoms. The number of halogens is 2. The monoisotopic (exact) mass is 1190 g/mol. The van der Waals surface area contributed by atoms with E-state index in [9.17, 15) is 29.1 Å². The quantitative estimate of drug-likeness (QED) is 0.0274. The number of rotatable bonds is 18. The first-order valence-corrected chi connectivity index (χ1v) is 25.7. The van der Waals surface area contributed by atoms with Crippen molar-refractivity contribution in [3.05, 3.63) is 130 Å². The van der Waals surface area contributed by atoms with E-state index in [4.69, 9.17) is 86.3 Å². The highest BCUT2D eigenvalue weighted by Gasteiger charge is 2.22. The lowest BCUT2D eigenvalue weighted by atomic mass is 10.1. The molecule has 27 nitrogen and oxygen atoms in total. The third-order valence-corrected chi connectivity index (χ3v) is 11.9. The van der Waals surface area contributed by atoms with Crippen molar-refractivity contribution in [1.82, 2.24) is 45.2 Å². The van der Waals surface area contributed by atoms with Crippen LogP contribution in [-0.4, -0.2) is 141 Å². The number of ether oxygens (including phenoxy) is 1. The van der Waals surface area contributed by atoms with Crippen molar-refractivity contribution in [3.8, 4) is 5.75 Å². The number of amides is 1. The molecule has 0 saturated carbocycles. The zero-order valence-electron chi connectivity index (χ0n) is 44.0. The molecule has 2 atom stereocenters. The molecule has 0 aliphatic rings. The summed E-state index contributed by atoms with van der Waals surface area (Å²) in [4.78, 5) is 99.2.